The number of halogens is 1. The highest BCUT2D eigenvalue weighted by molar-refractivity contribution is 5.96. The maximum Gasteiger partial charge on any atom is 0.321 e. The van der Waals surface area contributed by atoms with Crippen molar-refractivity contribution in [2.75, 3.05) is 39.6 Å². The second-order valence-electron chi connectivity index (χ2n) is 35.9. The van der Waals surface area contributed by atoms with Crippen molar-refractivity contribution in [3.8, 4) is 0 Å². The molecule has 1 saturated carbocycles. The summed E-state index contributed by atoms with van der Waals surface area (Å²) in [5.41, 5.74) is 10.1. The highest BCUT2D eigenvalue weighted by Crippen LogP contribution is 2.42. The monoisotopic (exact) mass is 1740 g/mol. The van der Waals surface area contributed by atoms with Crippen LogP contribution in [0.3, 0.4) is 0 Å². The van der Waals surface area contributed by atoms with Gasteiger partial charge in [0.05, 0.1) is 75.8 Å². The number of alkyl halides is 1. The molecule has 9 N–H and O–H groups in total. The molecule has 0 radical (unpaired) electrons. The number of fused-ring (bicyclic) bond motifs is 12. The maximum absolute atomic E-state index is 15.4. The average molecular weight is 1740 g/mol. The van der Waals surface area contributed by atoms with Gasteiger partial charge in [-0.1, -0.05) is 132 Å². The Morgan fingerprint density at radius 3 is 1.10 bits per heavy atom. The molecule has 6 aromatic rings. The number of benzene rings is 3. The fourth-order valence-corrected chi connectivity index (χ4v) is 16.2. The summed E-state index contributed by atoms with van der Waals surface area (Å²) in [5.74, 6) is -6.60. The van der Waals surface area contributed by atoms with E-state index in [2.05, 4.69) is 48.2 Å². The largest absolute Gasteiger partial charge is 0.451 e. The van der Waals surface area contributed by atoms with Crippen LogP contribution in [-0.4, -0.2) is 201 Å². The molecule has 8 aliphatic rings. The second kappa shape index (κ2) is 40.0. The molecule has 14 rings (SSSR count). The molecule has 7 aliphatic heterocycles. The third-order valence-corrected chi connectivity index (χ3v) is 24.0. The standard InChI is InChI=1S/C32H41N5O5.C31H38FN5O7.C30H39N5O5/c1-19(2)27-29(39)34-21(4)30(40)37-17-7-8-25(36-37)28(38)33-20(3)24-12-11-23-10-9-22(18-26(23)35-24)13-16-32(31(41)42-27)14-5-6-15-32;1-18-22-10-9-21-8-7-20(14-24(21)35-22)11-12-31(15-42-17-43-16-31)29(41)44-25(30(3,4)32)27(39)34-19(2)28(40)37-13-5-6-23(36-37)26(38)33-18;1-17(2)25-27(37)32-19(4)28(38)35-15-7-8-23(34-35)26(36)31-18(3)22-12-11-21-10-9-20(16-24(21)33-22)13-14-30(5,6)29(39)40-25/h9-13,16,18-21,25,27,36H,5-8,14-15,17H2,1-4H3,(H,33,38)(H,34,39);7-12,14,18-19,23,25,36H,5-6,13,15-17H2,1-4H3,(H,33,38)(H,34,39);9-14,16-19,23,25,34H,7-8,15H2,1-6H3,(H,31,36)(H,32,37)/b16-13+;12-11+;14-13+/t20-,21+,25+,27+;18-,19+,23+,25-;18-,19+,23+,25+/m111/s1. The Hall–Kier alpha value is -11.5. The Morgan fingerprint density at radius 2 is 0.730 bits per heavy atom. The third kappa shape index (κ3) is 22.5. The van der Waals surface area contributed by atoms with Gasteiger partial charge in [-0.3, -0.25) is 87.5 Å². The van der Waals surface area contributed by atoms with Gasteiger partial charge >= 0.3 is 17.9 Å². The number of esters is 3. The average Bonchev–Trinajstić information content (AvgIpc) is 1.36. The van der Waals surface area contributed by atoms with E-state index in [0.717, 1.165) is 70.7 Å². The smallest absolute Gasteiger partial charge is 0.321 e. The minimum Gasteiger partial charge on any atom is -0.451 e. The van der Waals surface area contributed by atoms with Gasteiger partial charge in [0, 0.05) is 35.8 Å². The van der Waals surface area contributed by atoms with Gasteiger partial charge < -0.3 is 55.6 Å². The van der Waals surface area contributed by atoms with Crippen LogP contribution in [0.5, 0.6) is 0 Å². The summed E-state index contributed by atoms with van der Waals surface area (Å²) in [6, 6.07) is 22.9. The number of nitrogens with zero attached hydrogens (tertiary/aromatic N) is 6. The molecule has 12 atom stereocenters. The summed E-state index contributed by atoms with van der Waals surface area (Å²) in [6.07, 6.45) is 13.1. The maximum atomic E-state index is 15.4. The lowest BCUT2D eigenvalue weighted by Gasteiger charge is -2.36. The molecule has 32 nitrogen and oxygen atoms in total. The van der Waals surface area contributed by atoms with Crippen LogP contribution in [0.2, 0.25) is 0 Å². The highest BCUT2D eigenvalue weighted by Gasteiger charge is 2.49. The molecule has 2 spiro atoms. The zero-order valence-corrected chi connectivity index (χ0v) is 74.0. The van der Waals surface area contributed by atoms with E-state index in [9.17, 15) is 57.5 Å². The first-order chi connectivity index (χ1) is 59.8. The quantitative estimate of drug-likeness (QED) is 0.0590. The third-order valence-electron chi connectivity index (χ3n) is 24.0. The molecule has 5 fully saturated rings. The van der Waals surface area contributed by atoms with Crippen molar-refractivity contribution in [2.24, 2.45) is 28.1 Å². The predicted octanol–water partition coefficient (Wildman–Crippen LogP) is 8.69. The van der Waals surface area contributed by atoms with Crippen LogP contribution in [0.25, 0.3) is 50.9 Å². The van der Waals surface area contributed by atoms with E-state index in [1.807, 2.05) is 144 Å². The van der Waals surface area contributed by atoms with Crippen LogP contribution in [0.1, 0.15) is 213 Å². The van der Waals surface area contributed by atoms with Crippen LogP contribution < -0.4 is 48.2 Å². The number of hydrogen-bond donors (Lipinski definition) is 9. The van der Waals surface area contributed by atoms with E-state index < -0.39 is 124 Å². The van der Waals surface area contributed by atoms with Crippen molar-refractivity contribution < 1.29 is 85.6 Å². The van der Waals surface area contributed by atoms with Crippen molar-refractivity contribution >= 4 is 122 Å². The molecule has 126 heavy (non-hydrogen) atoms. The molecule has 4 saturated heterocycles. The molecule has 3 aromatic heterocycles. The second-order valence-corrected chi connectivity index (χ2v) is 35.9. The molecule has 33 heteroatoms. The number of hydrazine groups is 3. The van der Waals surface area contributed by atoms with Gasteiger partial charge in [-0.05, 0) is 186 Å². The summed E-state index contributed by atoms with van der Waals surface area (Å²) >= 11 is 0. The van der Waals surface area contributed by atoms with Crippen LogP contribution in [-0.2, 0) is 81.2 Å². The molecule has 15 bridgehead atoms. The van der Waals surface area contributed by atoms with Crippen LogP contribution in [0.15, 0.2) is 109 Å². The number of rotatable bonds is 3. The van der Waals surface area contributed by atoms with Crippen molar-refractivity contribution in [1.29, 1.82) is 0 Å². The van der Waals surface area contributed by atoms with Gasteiger partial charge in [-0.25, -0.2) is 20.7 Å². The van der Waals surface area contributed by atoms with E-state index >= 15 is 4.39 Å². The van der Waals surface area contributed by atoms with Crippen molar-refractivity contribution in [2.45, 2.75) is 239 Å². The molecular formula is C93H118FN15O17. The summed E-state index contributed by atoms with van der Waals surface area (Å²) in [5, 5.41) is 23.8. The molecule has 674 valence electrons. The van der Waals surface area contributed by atoms with Crippen molar-refractivity contribution in [1.82, 2.24) is 78.2 Å². The van der Waals surface area contributed by atoms with Gasteiger partial charge in [-0.15, -0.1) is 0 Å². The van der Waals surface area contributed by atoms with E-state index in [1.54, 1.807) is 59.8 Å². The number of nitrogens with one attached hydrogen (secondary N) is 9. The first-order valence-electron chi connectivity index (χ1n) is 43.6. The Kier molecular flexibility index (Phi) is 29.7. The van der Waals surface area contributed by atoms with Crippen LogP contribution in [0, 0.1) is 28.1 Å². The number of carbonyl (C=O) groups is 12. The Balaban J connectivity index is 0.000000172. The zero-order valence-electron chi connectivity index (χ0n) is 74.0. The lowest BCUT2D eigenvalue weighted by molar-refractivity contribution is -0.196. The first-order valence-corrected chi connectivity index (χ1v) is 43.6. The fraction of sp³-hybridized carbons (Fsp3) is 0.516. The van der Waals surface area contributed by atoms with Crippen molar-refractivity contribution in [3.63, 3.8) is 0 Å². The van der Waals surface area contributed by atoms with E-state index in [-0.39, 0.29) is 73.5 Å². The molecule has 0 unspecified atom stereocenters. The lowest BCUT2D eigenvalue weighted by atomic mass is 9.85. The summed E-state index contributed by atoms with van der Waals surface area (Å²) in [6.45, 7) is 23.9. The molecule has 3 aromatic carbocycles. The fourth-order valence-electron chi connectivity index (χ4n) is 16.2. The highest BCUT2D eigenvalue weighted by atomic mass is 19.1. The minimum atomic E-state index is -2.30. The Bertz CT molecular complexity index is 5210. The van der Waals surface area contributed by atoms with Gasteiger partial charge in [-0.2, -0.15) is 0 Å². The number of carbonyl (C=O) groups excluding carboxylic acids is 12. The van der Waals surface area contributed by atoms with E-state index in [0.29, 0.717) is 93.5 Å². The van der Waals surface area contributed by atoms with Gasteiger partial charge in [0.25, 0.3) is 35.4 Å². The van der Waals surface area contributed by atoms with Gasteiger partial charge in [0.2, 0.25) is 23.8 Å². The number of aromatic nitrogens is 3. The van der Waals surface area contributed by atoms with Crippen LogP contribution >= 0.6 is 0 Å². The van der Waals surface area contributed by atoms with E-state index in [4.69, 9.17) is 38.6 Å². The SMILES string of the molecule is CC(C)[C@@H]1OC(=O)C(C)(C)/C=C/c2ccc3ccc(nc3c2)[C@@H](C)NC(=O)[C@@H]2CCCN(N2)C(=O)[C@H](C)NC1=O.CC(C)[C@@H]1OC(=O)C2(/C=C/c3ccc4ccc(nc4c3)[C@@H](C)NC(=O)[C@@H]3CCCN(N3)C(=O)[C@H](C)NC1=O)CCCC2.C[C@@H]1NC(=O)[C@H](C(C)(C)F)OC(=O)C2(/C=C/c3ccc4ccc(nc4c3)[C@@H](C)NC(=O)[C@@H]3CCCN(N3)C1=O)COCOC2. The summed E-state index contributed by atoms with van der Waals surface area (Å²) < 4.78 is 43.5. The number of amides is 9. The summed E-state index contributed by atoms with van der Waals surface area (Å²) in [7, 11) is 0. The predicted molar refractivity (Wildman–Crippen MR) is 467 cm³/mol. The van der Waals surface area contributed by atoms with E-state index in [1.165, 1.54) is 22.0 Å². The number of cyclic esters (lactones) is 3. The zero-order chi connectivity index (χ0) is 90.9. The molecular weight excluding hydrogens is 1620 g/mol. The lowest BCUT2D eigenvalue weighted by Crippen LogP contribution is -2.62. The molecule has 1 aliphatic carbocycles. The minimum absolute atomic E-state index is 0.0379. The number of hydrogen-bond acceptors (Lipinski definition) is 23. The summed E-state index contributed by atoms with van der Waals surface area (Å²) in [4.78, 5) is 174. The molecule has 9 amide bonds. The van der Waals surface area contributed by atoms with Crippen molar-refractivity contribution in [3.05, 3.63) is 143 Å². The Morgan fingerprint density at radius 1 is 0.405 bits per heavy atom. The number of pyridine rings is 3. The topological polar surface area (TPSA) is 408 Å². The van der Waals surface area contributed by atoms with Crippen LogP contribution in [0.4, 0.5) is 4.39 Å². The molecule has 10 heterocycles. The normalized spacial score (nSPS) is 27.7. The number of ether oxygens (including phenoxy) is 5. The Labute approximate surface area is 732 Å². The first kappa shape index (κ1) is 93.6. The van der Waals surface area contributed by atoms with Gasteiger partial charge in [0.1, 0.15) is 48.5 Å². The van der Waals surface area contributed by atoms with Gasteiger partial charge in [0.15, 0.2) is 17.9 Å².